The zero-order chi connectivity index (χ0) is 17.5. The first-order valence-corrected chi connectivity index (χ1v) is 9.96. The third kappa shape index (κ3) is 5.55. The van der Waals surface area contributed by atoms with Gasteiger partial charge in [-0.3, -0.25) is 9.69 Å². The van der Waals surface area contributed by atoms with Crippen LogP contribution in [0.4, 0.5) is 0 Å². The highest BCUT2D eigenvalue weighted by molar-refractivity contribution is 5.78. The molecule has 1 atom stereocenters. The van der Waals surface area contributed by atoms with Gasteiger partial charge in [0.25, 0.3) is 0 Å². The fraction of sp³-hybridized carbons (Fsp3) is 0.667. The summed E-state index contributed by atoms with van der Waals surface area (Å²) in [6.45, 7) is 5.30. The van der Waals surface area contributed by atoms with Gasteiger partial charge < -0.3 is 10.2 Å². The second-order valence-electron chi connectivity index (χ2n) is 7.75. The van der Waals surface area contributed by atoms with E-state index in [0.29, 0.717) is 6.04 Å². The minimum absolute atomic E-state index is 0.185. The van der Waals surface area contributed by atoms with E-state index in [9.17, 15) is 4.79 Å². The third-order valence-corrected chi connectivity index (χ3v) is 5.81. The monoisotopic (exact) mass is 343 g/mol. The van der Waals surface area contributed by atoms with Crippen LogP contribution < -0.4 is 5.32 Å². The fourth-order valence-corrected chi connectivity index (χ4v) is 4.21. The van der Waals surface area contributed by atoms with Gasteiger partial charge in [0.05, 0.1) is 5.92 Å². The minimum Gasteiger partial charge on any atom is -0.356 e. The highest BCUT2D eigenvalue weighted by Gasteiger charge is 2.30. The molecule has 0 bridgehead atoms. The Morgan fingerprint density at radius 1 is 1.12 bits per heavy atom. The molecule has 1 N–H and O–H groups in total. The third-order valence-electron chi connectivity index (χ3n) is 5.81. The Balaban J connectivity index is 1.38. The summed E-state index contributed by atoms with van der Waals surface area (Å²) in [6, 6.07) is 11.2. The number of rotatable bonds is 6. The van der Waals surface area contributed by atoms with E-state index < -0.39 is 0 Å². The first-order chi connectivity index (χ1) is 12.2. The van der Waals surface area contributed by atoms with Crippen molar-refractivity contribution < 1.29 is 4.79 Å². The number of hydrogen-bond donors (Lipinski definition) is 1. The van der Waals surface area contributed by atoms with Gasteiger partial charge in [0, 0.05) is 19.1 Å². The van der Waals surface area contributed by atoms with E-state index in [1.54, 1.807) is 0 Å². The van der Waals surface area contributed by atoms with E-state index >= 15 is 0 Å². The second-order valence-corrected chi connectivity index (χ2v) is 7.75. The predicted molar refractivity (Wildman–Crippen MR) is 103 cm³/mol. The lowest BCUT2D eigenvalue weighted by Gasteiger charge is -2.41. The van der Waals surface area contributed by atoms with Gasteiger partial charge in [0.15, 0.2) is 0 Å². The molecule has 0 saturated carbocycles. The molecule has 138 valence electrons. The van der Waals surface area contributed by atoms with Crippen LogP contribution >= 0.6 is 0 Å². The zero-order valence-corrected chi connectivity index (χ0v) is 15.6. The van der Waals surface area contributed by atoms with Gasteiger partial charge in [-0.25, -0.2) is 0 Å². The predicted octanol–water partition coefficient (Wildman–Crippen LogP) is 2.54. The van der Waals surface area contributed by atoms with E-state index in [0.717, 1.165) is 38.8 Å². The molecule has 0 radical (unpaired) electrons. The quantitative estimate of drug-likeness (QED) is 0.806. The highest BCUT2D eigenvalue weighted by Crippen LogP contribution is 2.23. The fourth-order valence-electron chi connectivity index (χ4n) is 4.21. The first kappa shape index (κ1) is 18.4. The van der Waals surface area contributed by atoms with Crippen LogP contribution in [0.25, 0.3) is 0 Å². The standard InChI is InChI=1S/C21H33N3O/c1-23-15-11-20(12-16-23)24-14-6-10-19(17-24)21(25)22-13-5-9-18-7-3-2-4-8-18/h2-4,7-8,19-20H,5-6,9-17H2,1H3,(H,22,25)/t19-/m0/s1. The van der Waals surface area contributed by atoms with Crippen LogP contribution in [0.3, 0.4) is 0 Å². The zero-order valence-electron chi connectivity index (χ0n) is 15.6. The lowest BCUT2D eigenvalue weighted by molar-refractivity contribution is -0.127. The Morgan fingerprint density at radius 2 is 1.88 bits per heavy atom. The molecule has 2 fully saturated rings. The van der Waals surface area contributed by atoms with Crippen LogP contribution in [0.5, 0.6) is 0 Å². The van der Waals surface area contributed by atoms with Crippen LogP contribution in [0.15, 0.2) is 30.3 Å². The molecule has 1 aromatic rings. The number of hydrogen-bond acceptors (Lipinski definition) is 3. The summed E-state index contributed by atoms with van der Waals surface area (Å²) in [6.07, 6.45) is 6.76. The molecule has 0 spiro atoms. The topological polar surface area (TPSA) is 35.6 Å². The van der Waals surface area contributed by atoms with E-state index in [4.69, 9.17) is 0 Å². The van der Waals surface area contributed by atoms with Gasteiger partial charge >= 0.3 is 0 Å². The summed E-state index contributed by atoms with van der Waals surface area (Å²) >= 11 is 0. The van der Waals surface area contributed by atoms with E-state index in [1.807, 2.05) is 6.07 Å². The molecule has 25 heavy (non-hydrogen) atoms. The molecule has 2 saturated heterocycles. The van der Waals surface area contributed by atoms with Crippen molar-refractivity contribution >= 4 is 5.91 Å². The van der Waals surface area contributed by atoms with E-state index in [1.165, 1.54) is 38.0 Å². The number of carbonyl (C=O) groups is 1. The molecule has 4 nitrogen and oxygen atoms in total. The number of benzene rings is 1. The van der Waals surface area contributed by atoms with Gasteiger partial charge in [-0.1, -0.05) is 30.3 Å². The maximum absolute atomic E-state index is 12.5. The average Bonchev–Trinajstić information content (AvgIpc) is 2.66. The molecule has 1 amide bonds. The summed E-state index contributed by atoms with van der Waals surface area (Å²) < 4.78 is 0. The van der Waals surface area contributed by atoms with Gasteiger partial charge in [0.2, 0.25) is 5.91 Å². The van der Waals surface area contributed by atoms with Crippen molar-refractivity contribution in [2.45, 2.75) is 44.6 Å². The van der Waals surface area contributed by atoms with Gasteiger partial charge in [-0.15, -0.1) is 0 Å². The Morgan fingerprint density at radius 3 is 2.64 bits per heavy atom. The number of amides is 1. The smallest absolute Gasteiger partial charge is 0.224 e. The largest absolute Gasteiger partial charge is 0.356 e. The van der Waals surface area contributed by atoms with Crippen LogP contribution in [0.2, 0.25) is 0 Å². The Bertz CT molecular complexity index is 525. The molecular weight excluding hydrogens is 310 g/mol. The summed E-state index contributed by atoms with van der Waals surface area (Å²) in [5.41, 5.74) is 1.35. The minimum atomic E-state index is 0.185. The molecule has 3 rings (SSSR count). The van der Waals surface area contributed by atoms with Gasteiger partial charge in [-0.2, -0.15) is 0 Å². The molecular formula is C21H33N3O. The van der Waals surface area contributed by atoms with Crippen LogP contribution in [0.1, 0.15) is 37.7 Å². The van der Waals surface area contributed by atoms with Crippen molar-refractivity contribution in [2.75, 3.05) is 39.8 Å². The maximum Gasteiger partial charge on any atom is 0.224 e. The number of nitrogens with one attached hydrogen (secondary N) is 1. The lowest BCUT2D eigenvalue weighted by Crippen LogP contribution is -2.50. The maximum atomic E-state index is 12.5. The summed E-state index contributed by atoms with van der Waals surface area (Å²) in [7, 11) is 2.21. The van der Waals surface area contributed by atoms with Crippen LogP contribution in [-0.2, 0) is 11.2 Å². The SMILES string of the molecule is CN1CCC(N2CCC[C@H](C(=O)NCCCc3ccccc3)C2)CC1. The van der Waals surface area contributed by atoms with Gasteiger partial charge in [-0.05, 0) is 70.8 Å². The van der Waals surface area contributed by atoms with E-state index in [-0.39, 0.29) is 11.8 Å². The number of nitrogens with zero attached hydrogens (tertiary/aromatic N) is 2. The molecule has 2 aliphatic rings. The van der Waals surface area contributed by atoms with Crippen LogP contribution in [-0.4, -0.2) is 61.5 Å². The second kappa shape index (κ2) is 9.35. The summed E-state index contributed by atoms with van der Waals surface area (Å²) in [5, 5.41) is 3.18. The molecule has 2 heterocycles. The molecule has 4 heteroatoms. The van der Waals surface area contributed by atoms with E-state index in [2.05, 4.69) is 46.4 Å². The number of aryl methyl sites for hydroxylation is 1. The normalized spacial score (nSPS) is 23.5. The van der Waals surface area contributed by atoms with Crippen LogP contribution in [0, 0.1) is 5.92 Å². The molecule has 1 aromatic carbocycles. The van der Waals surface area contributed by atoms with Crippen molar-refractivity contribution in [1.82, 2.24) is 15.1 Å². The molecule has 0 unspecified atom stereocenters. The number of likely N-dealkylation sites (tertiary alicyclic amines) is 2. The Labute approximate surface area is 152 Å². The van der Waals surface area contributed by atoms with Crippen molar-refractivity contribution in [1.29, 1.82) is 0 Å². The average molecular weight is 344 g/mol. The van der Waals surface area contributed by atoms with Crippen molar-refractivity contribution in [3.63, 3.8) is 0 Å². The van der Waals surface area contributed by atoms with Gasteiger partial charge in [0.1, 0.15) is 0 Å². The number of carbonyl (C=O) groups excluding carboxylic acids is 1. The Kier molecular flexibility index (Phi) is 6.88. The molecule has 2 aliphatic heterocycles. The van der Waals surface area contributed by atoms with Crippen molar-refractivity contribution in [3.8, 4) is 0 Å². The Hall–Kier alpha value is -1.39. The molecule has 0 aromatic heterocycles. The summed E-state index contributed by atoms with van der Waals surface area (Å²) in [4.78, 5) is 17.5. The van der Waals surface area contributed by atoms with Crippen molar-refractivity contribution in [2.24, 2.45) is 5.92 Å². The van der Waals surface area contributed by atoms with Crippen molar-refractivity contribution in [3.05, 3.63) is 35.9 Å². The highest BCUT2D eigenvalue weighted by atomic mass is 16.1. The lowest BCUT2D eigenvalue weighted by atomic mass is 9.93. The summed E-state index contributed by atoms with van der Waals surface area (Å²) in [5.74, 6) is 0.454. The first-order valence-electron chi connectivity index (χ1n) is 9.96. The molecule has 0 aliphatic carbocycles. The number of piperidine rings is 2.